The van der Waals surface area contributed by atoms with Gasteiger partial charge in [0.05, 0.1) is 23.9 Å². The van der Waals surface area contributed by atoms with Crippen LogP contribution in [0, 0.1) is 0 Å². The molecule has 6 heteroatoms. The Bertz CT molecular complexity index is 523. The fourth-order valence-electron chi connectivity index (χ4n) is 2.23. The Morgan fingerprint density at radius 1 is 1.36 bits per heavy atom. The molecule has 1 aliphatic heterocycles. The molecule has 0 atom stereocenters. The second kappa shape index (κ2) is 7.20. The van der Waals surface area contributed by atoms with Gasteiger partial charge in [0.1, 0.15) is 12.1 Å². The van der Waals surface area contributed by atoms with Gasteiger partial charge in [-0.3, -0.25) is 4.79 Å². The van der Waals surface area contributed by atoms with Crippen molar-refractivity contribution in [3.05, 3.63) is 23.2 Å². The summed E-state index contributed by atoms with van der Waals surface area (Å²) in [5.41, 5.74) is 1.32. The van der Waals surface area contributed by atoms with Gasteiger partial charge in [-0.1, -0.05) is 11.6 Å². The summed E-state index contributed by atoms with van der Waals surface area (Å²) in [7, 11) is 0. The Balaban J connectivity index is 1.93. The summed E-state index contributed by atoms with van der Waals surface area (Å²) in [6.07, 6.45) is 0. The second-order valence-corrected chi connectivity index (χ2v) is 6.61. The zero-order valence-electron chi connectivity index (χ0n) is 13.3. The molecule has 0 amide bonds. The van der Waals surface area contributed by atoms with Crippen LogP contribution in [-0.2, 0) is 14.3 Å². The fraction of sp³-hybridized carbons (Fsp3) is 0.562. The van der Waals surface area contributed by atoms with Crippen molar-refractivity contribution in [3.63, 3.8) is 0 Å². The molecule has 0 aliphatic carbocycles. The second-order valence-electron chi connectivity index (χ2n) is 6.21. The maximum absolute atomic E-state index is 11.7. The molecule has 0 bridgehead atoms. The Hall–Kier alpha value is -1.46. The number of hydrogen-bond acceptors (Lipinski definition) is 5. The molecule has 1 heterocycles. The maximum Gasteiger partial charge on any atom is 0.325 e. The average Bonchev–Trinajstić information content (AvgIpc) is 2.44. The third-order valence-electron chi connectivity index (χ3n) is 3.16. The van der Waals surface area contributed by atoms with Crippen LogP contribution < -0.4 is 10.2 Å². The van der Waals surface area contributed by atoms with Crippen molar-refractivity contribution in [3.8, 4) is 0 Å². The predicted octanol–water partition coefficient (Wildman–Crippen LogP) is 2.93. The standard InChI is InChI=1S/C16H23ClN2O3/c1-16(2,3)22-15(20)11-18-12-4-5-14(13(17)10-12)19-6-8-21-9-7-19/h4-5,10,18H,6-9,11H2,1-3H3. The van der Waals surface area contributed by atoms with Gasteiger partial charge in [-0.15, -0.1) is 0 Å². The van der Waals surface area contributed by atoms with Crippen molar-refractivity contribution in [2.75, 3.05) is 43.1 Å². The SMILES string of the molecule is CC(C)(C)OC(=O)CNc1ccc(N2CCOCC2)c(Cl)c1. The molecular formula is C16H23ClN2O3. The lowest BCUT2D eigenvalue weighted by atomic mass is 10.2. The first-order valence-corrected chi connectivity index (χ1v) is 7.81. The van der Waals surface area contributed by atoms with E-state index in [2.05, 4.69) is 10.2 Å². The van der Waals surface area contributed by atoms with Gasteiger partial charge >= 0.3 is 5.97 Å². The van der Waals surface area contributed by atoms with Gasteiger partial charge in [0, 0.05) is 18.8 Å². The van der Waals surface area contributed by atoms with Crippen LogP contribution in [0.15, 0.2) is 18.2 Å². The number of rotatable bonds is 4. The predicted molar refractivity (Wildman–Crippen MR) is 88.8 cm³/mol. The summed E-state index contributed by atoms with van der Waals surface area (Å²) >= 11 is 6.35. The van der Waals surface area contributed by atoms with E-state index in [1.165, 1.54) is 0 Å². The number of nitrogens with one attached hydrogen (secondary N) is 1. The minimum atomic E-state index is -0.476. The Morgan fingerprint density at radius 3 is 2.64 bits per heavy atom. The van der Waals surface area contributed by atoms with Crippen LogP contribution in [0.5, 0.6) is 0 Å². The van der Waals surface area contributed by atoms with E-state index in [4.69, 9.17) is 21.1 Å². The van der Waals surface area contributed by atoms with Gasteiger partial charge in [-0.25, -0.2) is 0 Å². The lowest BCUT2D eigenvalue weighted by molar-refractivity contribution is -0.152. The highest BCUT2D eigenvalue weighted by atomic mass is 35.5. The van der Waals surface area contributed by atoms with E-state index < -0.39 is 5.60 Å². The number of benzene rings is 1. The van der Waals surface area contributed by atoms with E-state index >= 15 is 0 Å². The molecule has 0 aromatic heterocycles. The molecule has 1 fully saturated rings. The van der Waals surface area contributed by atoms with Crippen molar-refractivity contribution < 1.29 is 14.3 Å². The van der Waals surface area contributed by atoms with Crippen molar-refractivity contribution in [1.82, 2.24) is 0 Å². The third-order valence-corrected chi connectivity index (χ3v) is 3.46. The molecule has 2 rings (SSSR count). The summed E-state index contributed by atoms with van der Waals surface area (Å²) in [5, 5.41) is 3.70. The minimum absolute atomic E-state index is 0.116. The van der Waals surface area contributed by atoms with Crippen molar-refractivity contribution in [1.29, 1.82) is 0 Å². The number of carbonyl (C=O) groups excluding carboxylic acids is 1. The first kappa shape index (κ1) is 16.9. The molecule has 0 saturated carbocycles. The normalized spacial score (nSPS) is 15.5. The molecule has 1 aromatic rings. The van der Waals surface area contributed by atoms with Gasteiger partial charge in [-0.05, 0) is 39.0 Å². The summed E-state index contributed by atoms with van der Waals surface area (Å²) in [5.74, 6) is -0.291. The van der Waals surface area contributed by atoms with E-state index in [1.807, 2.05) is 39.0 Å². The van der Waals surface area contributed by atoms with Crippen molar-refractivity contribution >= 4 is 28.9 Å². The molecule has 0 unspecified atom stereocenters. The summed E-state index contributed by atoms with van der Waals surface area (Å²) in [4.78, 5) is 13.9. The Kier molecular flexibility index (Phi) is 5.53. The Labute approximate surface area is 136 Å². The van der Waals surface area contributed by atoms with E-state index in [9.17, 15) is 4.79 Å². The maximum atomic E-state index is 11.7. The lowest BCUT2D eigenvalue weighted by Gasteiger charge is -2.29. The van der Waals surface area contributed by atoms with E-state index in [1.54, 1.807) is 0 Å². The summed E-state index contributed by atoms with van der Waals surface area (Å²) in [6.45, 7) is 8.76. The zero-order valence-corrected chi connectivity index (χ0v) is 14.1. The molecule has 0 spiro atoms. The highest BCUT2D eigenvalue weighted by molar-refractivity contribution is 6.33. The number of esters is 1. The number of ether oxygens (including phenoxy) is 2. The van der Waals surface area contributed by atoms with Crippen LogP contribution in [0.3, 0.4) is 0 Å². The smallest absolute Gasteiger partial charge is 0.325 e. The summed E-state index contributed by atoms with van der Waals surface area (Å²) < 4.78 is 10.6. The van der Waals surface area contributed by atoms with Crippen LogP contribution in [0.2, 0.25) is 5.02 Å². The monoisotopic (exact) mass is 326 g/mol. The van der Waals surface area contributed by atoms with Crippen LogP contribution in [0.4, 0.5) is 11.4 Å². The van der Waals surface area contributed by atoms with Gasteiger partial charge in [0.15, 0.2) is 0 Å². The molecule has 1 aliphatic rings. The van der Waals surface area contributed by atoms with Crippen molar-refractivity contribution in [2.24, 2.45) is 0 Å². The average molecular weight is 327 g/mol. The highest BCUT2D eigenvalue weighted by Gasteiger charge is 2.17. The molecule has 5 nitrogen and oxygen atoms in total. The van der Waals surface area contributed by atoms with Crippen LogP contribution >= 0.6 is 11.6 Å². The first-order valence-electron chi connectivity index (χ1n) is 7.43. The van der Waals surface area contributed by atoms with Crippen LogP contribution in [-0.4, -0.2) is 44.4 Å². The van der Waals surface area contributed by atoms with Gasteiger partial charge in [0.25, 0.3) is 0 Å². The fourth-order valence-corrected chi connectivity index (χ4v) is 2.53. The van der Waals surface area contributed by atoms with E-state index in [-0.39, 0.29) is 12.5 Å². The van der Waals surface area contributed by atoms with Crippen molar-refractivity contribution in [2.45, 2.75) is 26.4 Å². The number of hydrogen-bond donors (Lipinski definition) is 1. The van der Waals surface area contributed by atoms with Gasteiger partial charge in [-0.2, -0.15) is 0 Å². The minimum Gasteiger partial charge on any atom is -0.459 e. The number of anilines is 2. The molecule has 1 N–H and O–H groups in total. The van der Waals surface area contributed by atoms with Crippen LogP contribution in [0.1, 0.15) is 20.8 Å². The first-order chi connectivity index (χ1) is 10.3. The molecule has 0 radical (unpaired) electrons. The molecule has 1 aromatic carbocycles. The van der Waals surface area contributed by atoms with E-state index in [0.29, 0.717) is 5.02 Å². The van der Waals surface area contributed by atoms with Gasteiger partial charge in [0.2, 0.25) is 0 Å². The quantitative estimate of drug-likeness (QED) is 0.862. The van der Waals surface area contributed by atoms with Crippen LogP contribution in [0.25, 0.3) is 0 Å². The highest BCUT2D eigenvalue weighted by Crippen LogP contribution is 2.29. The number of carbonyl (C=O) groups is 1. The largest absolute Gasteiger partial charge is 0.459 e. The Morgan fingerprint density at radius 2 is 2.05 bits per heavy atom. The molecular weight excluding hydrogens is 304 g/mol. The molecule has 22 heavy (non-hydrogen) atoms. The topological polar surface area (TPSA) is 50.8 Å². The summed E-state index contributed by atoms with van der Waals surface area (Å²) in [6, 6.07) is 5.71. The number of morpholine rings is 1. The van der Waals surface area contributed by atoms with Gasteiger partial charge < -0.3 is 19.7 Å². The molecule has 122 valence electrons. The van der Waals surface area contributed by atoms with E-state index in [0.717, 1.165) is 37.7 Å². The number of halogens is 1. The number of nitrogens with zero attached hydrogens (tertiary/aromatic N) is 1. The molecule has 1 saturated heterocycles. The lowest BCUT2D eigenvalue weighted by Crippen LogP contribution is -2.36. The zero-order chi connectivity index (χ0) is 16.2. The third kappa shape index (κ3) is 5.07.